The van der Waals surface area contributed by atoms with Gasteiger partial charge in [0.25, 0.3) is 0 Å². The first-order valence-electron chi connectivity index (χ1n) is 6.08. The van der Waals surface area contributed by atoms with Gasteiger partial charge in [0.2, 0.25) is 5.95 Å². The van der Waals surface area contributed by atoms with Crippen molar-refractivity contribution in [3.8, 4) is 0 Å². The highest BCUT2D eigenvalue weighted by atomic mass is 19.1. The minimum atomic E-state index is -0.682. The molecule has 2 rings (SSSR count). The number of carbonyl (C=O) groups is 1. The quantitative estimate of drug-likeness (QED) is 0.470. The first-order chi connectivity index (χ1) is 9.25. The van der Waals surface area contributed by atoms with E-state index in [2.05, 4.69) is 4.98 Å². The number of aromatic nitrogens is 1. The highest BCUT2D eigenvalue weighted by Crippen LogP contribution is 2.05. The number of carbonyl (C=O) groups excluding carboxylic acids is 1. The summed E-state index contributed by atoms with van der Waals surface area (Å²) in [6, 6.07) is 12.5. The number of aryl methyl sites for hydroxylation is 1. The van der Waals surface area contributed by atoms with Gasteiger partial charge in [-0.1, -0.05) is 30.3 Å². The van der Waals surface area contributed by atoms with Crippen molar-refractivity contribution < 1.29 is 13.9 Å². The molecule has 0 radical (unpaired) electrons. The SMILES string of the molecule is O=C(OCCCc1ccccc1)c1ccnc(F)c1. The van der Waals surface area contributed by atoms with Crippen LogP contribution in [0.3, 0.4) is 0 Å². The fourth-order valence-corrected chi connectivity index (χ4v) is 1.70. The van der Waals surface area contributed by atoms with Gasteiger partial charge in [0.15, 0.2) is 0 Å². The van der Waals surface area contributed by atoms with Gasteiger partial charge in [0.05, 0.1) is 12.2 Å². The molecule has 0 saturated heterocycles. The third-order valence-electron chi connectivity index (χ3n) is 2.65. The maximum Gasteiger partial charge on any atom is 0.338 e. The largest absolute Gasteiger partial charge is 0.462 e. The van der Waals surface area contributed by atoms with E-state index in [1.165, 1.54) is 17.8 Å². The predicted octanol–water partition coefficient (Wildman–Crippen LogP) is 3.01. The Balaban J connectivity index is 1.75. The van der Waals surface area contributed by atoms with E-state index >= 15 is 0 Å². The van der Waals surface area contributed by atoms with Crippen LogP contribution in [0.5, 0.6) is 0 Å². The fraction of sp³-hybridized carbons (Fsp3) is 0.200. The maximum atomic E-state index is 12.8. The molecule has 0 fully saturated rings. The first kappa shape index (κ1) is 13.2. The molecular weight excluding hydrogens is 245 g/mol. The molecule has 2 aromatic rings. The van der Waals surface area contributed by atoms with Gasteiger partial charge in [-0.2, -0.15) is 4.39 Å². The van der Waals surface area contributed by atoms with Crippen molar-refractivity contribution in [2.75, 3.05) is 6.61 Å². The molecule has 4 heteroatoms. The number of esters is 1. The van der Waals surface area contributed by atoms with Gasteiger partial charge in [0, 0.05) is 12.3 Å². The Kier molecular flexibility index (Phi) is 4.61. The van der Waals surface area contributed by atoms with Gasteiger partial charge in [-0.3, -0.25) is 0 Å². The summed E-state index contributed by atoms with van der Waals surface area (Å²) in [7, 11) is 0. The molecule has 3 nitrogen and oxygen atoms in total. The number of pyridine rings is 1. The van der Waals surface area contributed by atoms with Gasteiger partial charge in [-0.25, -0.2) is 9.78 Å². The number of benzene rings is 1. The molecule has 1 heterocycles. The molecule has 0 amide bonds. The van der Waals surface area contributed by atoms with E-state index in [1.54, 1.807) is 0 Å². The summed E-state index contributed by atoms with van der Waals surface area (Å²) in [5, 5.41) is 0. The Morgan fingerprint density at radius 3 is 2.74 bits per heavy atom. The summed E-state index contributed by atoms with van der Waals surface area (Å²) in [5.74, 6) is -1.20. The zero-order valence-electron chi connectivity index (χ0n) is 10.4. The number of halogens is 1. The number of hydrogen-bond acceptors (Lipinski definition) is 3. The molecule has 0 bridgehead atoms. The fourth-order valence-electron chi connectivity index (χ4n) is 1.70. The molecule has 0 unspecified atom stereocenters. The summed E-state index contributed by atoms with van der Waals surface area (Å²) in [6.07, 6.45) is 2.83. The van der Waals surface area contributed by atoms with Crippen molar-refractivity contribution in [1.82, 2.24) is 4.98 Å². The van der Waals surface area contributed by atoms with Crippen molar-refractivity contribution in [1.29, 1.82) is 0 Å². The van der Waals surface area contributed by atoms with Crippen LogP contribution in [-0.4, -0.2) is 17.6 Å². The number of hydrogen-bond donors (Lipinski definition) is 0. The lowest BCUT2D eigenvalue weighted by atomic mass is 10.1. The first-order valence-corrected chi connectivity index (χ1v) is 6.08. The molecule has 1 aromatic carbocycles. The standard InChI is InChI=1S/C15H14FNO2/c16-14-11-13(8-9-17-14)15(18)19-10-4-7-12-5-2-1-3-6-12/h1-3,5-6,8-9,11H,4,7,10H2. The Morgan fingerprint density at radius 1 is 1.21 bits per heavy atom. The second-order valence-corrected chi connectivity index (χ2v) is 4.09. The Morgan fingerprint density at radius 2 is 2.00 bits per heavy atom. The smallest absolute Gasteiger partial charge is 0.338 e. The van der Waals surface area contributed by atoms with E-state index < -0.39 is 11.9 Å². The third kappa shape index (κ3) is 4.17. The maximum absolute atomic E-state index is 12.8. The van der Waals surface area contributed by atoms with Crippen LogP contribution in [0.1, 0.15) is 22.3 Å². The minimum Gasteiger partial charge on any atom is -0.462 e. The number of rotatable bonds is 5. The van der Waals surface area contributed by atoms with E-state index in [0.29, 0.717) is 6.61 Å². The lowest BCUT2D eigenvalue weighted by Gasteiger charge is -2.05. The summed E-state index contributed by atoms with van der Waals surface area (Å²) >= 11 is 0. The zero-order valence-corrected chi connectivity index (χ0v) is 10.4. The van der Waals surface area contributed by atoms with Crippen LogP contribution >= 0.6 is 0 Å². The van der Waals surface area contributed by atoms with Gasteiger partial charge >= 0.3 is 5.97 Å². The van der Waals surface area contributed by atoms with E-state index in [4.69, 9.17) is 4.74 Å². The number of ether oxygens (including phenoxy) is 1. The minimum absolute atomic E-state index is 0.187. The number of nitrogens with zero attached hydrogens (tertiary/aromatic N) is 1. The zero-order chi connectivity index (χ0) is 13.5. The van der Waals surface area contributed by atoms with Crippen LogP contribution in [0.15, 0.2) is 48.7 Å². The Labute approximate surface area is 111 Å². The molecular formula is C15H14FNO2. The van der Waals surface area contributed by atoms with Crippen molar-refractivity contribution in [3.05, 3.63) is 65.7 Å². The topological polar surface area (TPSA) is 39.2 Å². The second-order valence-electron chi connectivity index (χ2n) is 4.09. The predicted molar refractivity (Wildman–Crippen MR) is 69.2 cm³/mol. The lowest BCUT2D eigenvalue weighted by Crippen LogP contribution is -2.07. The monoisotopic (exact) mass is 259 g/mol. The average molecular weight is 259 g/mol. The highest BCUT2D eigenvalue weighted by Gasteiger charge is 2.07. The molecule has 19 heavy (non-hydrogen) atoms. The third-order valence-corrected chi connectivity index (χ3v) is 2.65. The van der Waals surface area contributed by atoms with Crippen molar-refractivity contribution in [2.24, 2.45) is 0 Å². The van der Waals surface area contributed by atoms with Crippen molar-refractivity contribution in [3.63, 3.8) is 0 Å². The van der Waals surface area contributed by atoms with Crippen LogP contribution in [-0.2, 0) is 11.2 Å². The lowest BCUT2D eigenvalue weighted by molar-refractivity contribution is 0.0500. The molecule has 98 valence electrons. The van der Waals surface area contributed by atoms with Crippen molar-refractivity contribution >= 4 is 5.97 Å². The second kappa shape index (κ2) is 6.64. The Hall–Kier alpha value is -2.23. The van der Waals surface area contributed by atoms with Crippen LogP contribution in [0.25, 0.3) is 0 Å². The van der Waals surface area contributed by atoms with E-state index in [1.807, 2.05) is 30.3 Å². The van der Waals surface area contributed by atoms with Gasteiger partial charge < -0.3 is 4.74 Å². The molecule has 0 atom stereocenters. The van der Waals surface area contributed by atoms with Crippen LogP contribution in [0.4, 0.5) is 4.39 Å². The normalized spacial score (nSPS) is 10.2. The summed E-state index contributed by atoms with van der Waals surface area (Å²) < 4.78 is 17.9. The van der Waals surface area contributed by atoms with Crippen LogP contribution in [0.2, 0.25) is 0 Å². The van der Waals surface area contributed by atoms with Crippen LogP contribution < -0.4 is 0 Å². The van der Waals surface area contributed by atoms with Gasteiger partial charge in [-0.05, 0) is 24.5 Å². The summed E-state index contributed by atoms with van der Waals surface area (Å²) in [6.45, 7) is 0.317. The molecule has 0 saturated carbocycles. The van der Waals surface area contributed by atoms with E-state index in [9.17, 15) is 9.18 Å². The molecule has 1 aromatic heterocycles. The molecule has 0 spiro atoms. The van der Waals surface area contributed by atoms with Crippen molar-refractivity contribution in [2.45, 2.75) is 12.8 Å². The average Bonchev–Trinajstić information content (AvgIpc) is 2.44. The Bertz CT molecular complexity index is 543. The summed E-state index contributed by atoms with van der Waals surface area (Å²) in [5.41, 5.74) is 1.39. The van der Waals surface area contributed by atoms with E-state index in [0.717, 1.165) is 18.9 Å². The molecule has 0 aliphatic heterocycles. The van der Waals surface area contributed by atoms with Gasteiger partial charge in [0.1, 0.15) is 0 Å². The highest BCUT2D eigenvalue weighted by molar-refractivity contribution is 5.89. The molecule has 0 aliphatic rings. The summed E-state index contributed by atoms with van der Waals surface area (Å²) in [4.78, 5) is 15.0. The van der Waals surface area contributed by atoms with E-state index in [-0.39, 0.29) is 5.56 Å². The molecule has 0 aliphatic carbocycles. The van der Waals surface area contributed by atoms with Gasteiger partial charge in [-0.15, -0.1) is 0 Å². The molecule has 0 N–H and O–H groups in total. The van der Waals surface area contributed by atoms with Crippen LogP contribution in [0, 0.1) is 5.95 Å².